The quantitative estimate of drug-likeness (QED) is 0.0621. The van der Waals surface area contributed by atoms with Crippen LogP contribution in [0.1, 0.15) is 128 Å². The molecule has 0 saturated carbocycles. The van der Waals surface area contributed by atoms with Crippen LogP contribution in [0.2, 0.25) is 0 Å². The molecule has 0 spiro atoms. The second-order valence-corrected chi connectivity index (χ2v) is 18.1. The number of nitrogens with one attached hydrogen (secondary N) is 3. The standard InChI is InChI=1S/C27H36N6O4.C22H28N6O2.CH4.ClH/c1-19(21-15-11-8-12-16-21)33-31-23(30-32-33)22(18-36-17-20-13-9-7-10-14-20)28-24(34)27(5,6)29-25(35)37-26(2,3)4;1-16(18-12-8-5-9-13-18)28-26-20(25-27-28)19(24-21(29)22(2,3)23)15-30-14-17-10-6-4-7-11-17;;/h7-16,19,22H,17-18H2,1-6H3,(H,28,34)(H,29,35);4-13,16,19H,14-15,23H2,1-3H3,(H,24,29);1H4;1H/t19?,22-;16?,19-;;/m11../s1. The number of hydrogen-bond acceptors (Lipinski definition) is 13. The summed E-state index contributed by atoms with van der Waals surface area (Å²) in [5.41, 5.74) is 7.06. The van der Waals surface area contributed by atoms with Gasteiger partial charge in [0.05, 0.1) is 44.1 Å². The van der Waals surface area contributed by atoms with Crippen LogP contribution in [0.5, 0.6) is 0 Å². The number of halogens is 1. The molecule has 18 nitrogen and oxygen atoms in total. The molecule has 6 aromatic rings. The third-order valence-electron chi connectivity index (χ3n) is 10.1. The molecule has 6 rings (SSSR count). The first-order valence-corrected chi connectivity index (χ1v) is 22.1. The van der Waals surface area contributed by atoms with Gasteiger partial charge in [-0.05, 0) is 95.0 Å². The third kappa shape index (κ3) is 18.1. The van der Waals surface area contributed by atoms with Crippen LogP contribution in [-0.4, -0.2) is 88.2 Å². The van der Waals surface area contributed by atoms with Crippen molar-refractivity contribution in [1.29, 1.82) is 0 Å². The van der Waals surface area contributed by atoms with Crippen molar-refractivity contribution in [2.45, 2.75) is 124 Å². The molecule has 372 valence electrons. The van der Waals surface area contributed by atoms with E-state index in [0.29, 0.717) is 24.9 Å². The Morgan fingerprint density at radius 3 is 1.32 bits per heavy atom. The van der Waals surface area contributed by atoms with Gasteiger partial charge >= 0.3 is 6.09 Å². The molecule has 0 saturated heterocycles. The van der Waals surface area contributed by atoms with Gasteiger partial charge in [0.1, 0.15) is 23.2 Å². The number of amides is 3. The van der Waals surface area contributed by atoms with Crippen LogP contribution in [0.25, 0.3) is 0 Å². The molecule has 5 N–H and O–H groups in total. The number of tetrazole rings is 2. The molecular weight excluding hydrogens is 900 g/mol. The first-order chi connectivity index (χ1) is 31.8. The molecular formula is C50H69ClN12O6. The molecule has 0 radical (unpaired) electrons. The largest absolute Gasteiger partial charge is 0.444 e. The van der Waals surface area contributed by atoms with Crippen molar-refractivity contribution in [2.24, 2.45) is 5.73 Å². The van der Waals surface area contributed by atoms with Gasteiger partial charge in [0.2, 0.25) is 11.8 Å². The SMILES string of the molecule is C.CC(c1ccccc1)n1nnc([C@@H](COCc2ccccc2)NC(=O)C(C)(C)N)n1.CC(c1ccccc1)n1nnc([C@@H](COCc2ccccc2)NC(=O)C(C)(C)NC(=O)OC(C)(C)C)n1.Cl. The van der Waals surface area contributed by atoms with E-state index in [1.807, 2.05) is 135 Å². The zero-order valence-corrected chi connectivity index (χ0v) is 41.0. The lowest BCUT2D eigenvalue weighted by molar-refractivity contribution is -0.128. The van der Waals surface area contributed by atoms with Crippen molar-refractivity contribution in [3.8, 4) is 0 Å². The van der Waals surface area contributed by atoms with Crippen LogP contribution in [0.15, 0.2) is 121 Å². The van der Waals surface area contributed by atoms with Gasteiger partial charge < -0.3 is 35.9 Å². The molecule has 0 fully saturated rings. The van der Waals surface area contributed by atoms with Crippen molar-refractivity contribution in [2.75, 3.05) is 13.2 Å². The molecule has 3 amide bonds. The molecule has 0 aliphatic carbocycles. The van der Waals surface area contributed by atoms with E-state index >= 15 is 0 Å². The molecule has 4 atom stereocenters. The van der Waals surface area contributed by atoms with Crippen LogP contribution in [0.3, 0.4) is 0 Å². The highest BCUT2D eigenvalue weighted by molar-refractivity contribution is 5.89. The summed E-state index contributed by atoms with van der Waals surface area (Å²) in [6.45, 7) is 16.8. The fourth-order valence-corrected chi connectivity index (χ4v) is 6.21. The van der Waals surface area contributed by atoms with E-state index in [4.69, 9.17) is 19.9 Å². The lowest BCUT2D eigenvalue weighted by Crippen LogP contribution is -2.56. The molecule has 0 aliphatic rings. The van der Waals surface area contributed by atoms with Crippen LogP contribution in [-0.2, 0) is 37.0 Å². The van der Waals surface area contributed by atoms with Gasteiger partial charge in [-0.1, -0.05) is 129 Å². The summed E-state index contributed by atoms with van der Waals surface area (Å²) >= 11 is 0. The van der Waals surface area contributed by atoms with Gasteiger partial charge in [0, 0.05) is 0 Å². The minimum atomic E-state index is -1.27. The topological polar surface area (TPSA) is 228 Å². The van der Waals surface area contributed by atoms with Crippen LogP contribution >= 0.6 is 12.4 Å². The average molecular weight is 970 g/mol. The zero-order valence-electron chi connectivity index (χ0n) is 40.2. The van der Waals surface area contributed by atoms with E-state index in [1.165, 1.54) is 9.59 Å². The lowest BCUT2D eigenvalue weighted by atomic mass is 10.0. The number of hydrogen-bond donors (Lipinski definition) is 4. The van der Waals surface area contributed by atoms with Crippen molar-refractivity contribution >= 4 is 30.3 Å². The number of carbonyl (C=O) groups is 3. The Balaban J connectivity index is 0.000000362. The highest BCUT2D eigenvalue weighted by atomic mass is 35.5. The van der Waals surface area contributed by atoms with Crippen molar-refractivity contribution in [3.05, 3.63) is 155 Å². The lowest BCUT2D eigenvalue weighted by Gasteiger charge is -2.29. The average Bonchev–Trinajstić information content (AvgIpc) is 4.00. The summed E-state index contributed by atoms with van der Waals surface area (Å²) in [7, 11) is 0. The highest BCUT2D eigenvalue weighted by Gasteiger charge is 2.35. The molecule has 4 aromatic carbocycles. The minimum absolute atomic E-state index is 0. The van der Waals surface area contributed by atoms with E-state index < -0.39 is 40.8 Å². The second kappa shape index (κ2) is 26.2. The van der Waals surface area contributed by atoms with E-state index in [2.05, 4.69) is 46.8 Å². The maximum absolute atomic E-state index is 13.2. The first kappa shape index (κ1) is 56.7. The van der Waals surface area contributed by atoms with E-state index in [9.17, 15) is 14.4 Å². The number of ether oxygens (including phenoxy) is 3. The number of alkyl carbamates (subject to hydrolysis) is 1. The van der Waals surface area contributed by atoms with Gasteiger partial charge in [0.15, 0.2) is 11.6 Å². The monoisotopic (exact) mass is 969 g/mol. The van der Waals surface area contributed by atoms with Gasteiger partial charge in [-0.15, -0.1) is 32.8 Å². The number of nitrogens with two attached hydrogens (primary N) is 1. The smallest absolute Gasteiger partial charge is 0.408 e. The summed E-state index contributed by atoms with van der Waals surface area (Å²) in [4.78, 5) is 41.0. The zero-order chi connectivity index (χ0) is 48.6. The molecule has 19 heteroatoms. The second-order valence-electron chi connectivity index (χ2n) is 18.1. The van der Waals surface area contributed by atoms with E-state index in [-0.39, 0.29) is 51.0 Å². The van der Waals surface area contributed by atoms with Gasteiger partial charge in [-0.2, -0.15) is 9.59 Å². The minimum Gasteiger partial charge on any atom is -0.444 e. The summed E-state index contributed by atoms with van der Waals surface area (Å²) in [5, 5.41) is 34.2. The third-order valence-corrected chi connectivity index (χ3v) is 10.1. The molecule has 0 aliphatic heterocycles. The van der Waals surface area contributed by atoms with Gasteiger partial charge in [-0.25, -0.2) is 4.79 Å². The van der Waals surface area contributed by atoms with Crippen LogP contribution in [0, 0.1) is 0 Å². The number of nitrogens with zero attached hydrogens (tertiary/aromatic N) is 8. The van der Waals surface area contributed by atoms with E-state index in [1.54, 1.807) is 48.5 Å². The summed E-state index contributed by atoms with van der Waals surface area (Å²) in [6, 6.07) is 37.7. The summed E-state index contributed by atoms with van der Waals surface area (Å²) in [6.07, 6.45) is -0.690. The molecule has 0 bridgehead atoms. The number of carbonyl (C=O) groups excluding carboxylic acids is 3. The molecule has 69 heavy (non-hydrogen) atoms. The Hall–Kier alpha value is -6.60. The van der Waals surface area contributed by atoms with E-state index in [0.717, 1.165) is 22.3 Å². The summed E-state index contributed by atoms with van der Waals surface area (Å²) < 4.78 is 17.0. The number of benzene rings is 4. The normalized spacial score (nSPS) is 13.1. The fraction of sp³-hybridized carbons (Fsp3) is 0.420. The fourth-order valence-electron chi connectivity index (χ4n) is 6.21. The predicted octanol–water partition coefficient (Wildman–Crippen LogP) is 7.41. The van der Waals surface area contributed by atoms with Crippen molar-refractivity contribution in [1.82, 2.24) is 56.4 Å². The molecule has 2 heterocycles. The van der Waals surface area contributed by atoms with Crippen LogP contribution in [0.4, 0.5) is 4.79 Å². The Morgan fingerprint density at radius 2 is 0.957 bits per heavy atom. The van der Waals surface area contributed by atoms with Crippen molar-refractivity contribution < 1.29 is 28.6 Å². The Bertz CT molecular complexity index is 2440. The predicted molar refractivity (Wildman–Crippen MR) is 266 cm³/mol. The Morgan fingerprint density at radius 1 is 0.594 bits per heavy atom. The first-order valence-electron chi connectivity index (χ1n) is 22.1. The number of rotatable bonds is 19. The summed E-state index contributed by atoms with van der Waals surface area (Å²) in [5.74, 6) is -0.0805. The van der Waals surface area contributed by atoms with Gasteiger partial charge in [-0.3, -0.25) is 9.59 Å². The highest BCUT2D eigenvalue weighted by Crippen LogP contribution is 2.20. The Labute approximate surface area is 411 Å². The number of aromatic nitrogens is 8. The van der Waals surface area contributed by atoms with Gasteiger partial charge in [0.25, 0.3) is 0 Å². The molecule has 2 unspecified atom stereocenters. The maximum atomic E-state index is 13.2. The van der Waals surface area contributed by atoms with Crippen molar-refractivity contribution in [3.63, 3.8) is 0 Å². The van der Waals surface area contributed by atoms with Crippen LogP contribution < -0.4 is 21.7 Å². The maximum Gasteiger partial charge on any atom is 0.408 e. The Kier molecular flexibility index (Phi) is 21.6. The molecule has 2 aromatic heterocycles.